The topological polar surface area (TPSA) is 3.24 Å². The second kappa shape index (κ2) is 4.16. The summed E-state index contributed by atoms with van der Waals surface area (Å²) in [5.41, 5.74) is 0.924. The van der Waals surface area contributed by atoms with Crippen LogP contribution in [0.5, 0.6) is 0 Å². The van der Waals surface area contributed by atoms with Crippen LogP contribution in [0, 0.1) is 12.7 Å². The van der Waals surface area contributed by atoms with Crippen LogP contribution in [-0.4, -0.2) is 13.1 Å². The molecule has 1 rings (SSSR count). The first-order valence-corrected chi connectivity index (χ1v) is 4.71. The molecule has 0 saturated heterocycles. The monoisotopic (exact) mass is 221 g/mol. The molecule has 0 aromatic heterocycles. The van der Waals surface area contributed by atoms with E-state index in [9.17, 15) is 4.39 Å². The quantitative estimate of drug-likeness (QED) is 0.547. The van der Waals surface area contributed by atoms with Crippen molar-refractivity contribution in [3.8, 4) is 0 Å². The van der Waals surface area contributed by atoms with E-state index in [2.05, 4.69) is 0 Å². The fourth-order valence-corrected chi connectivity index (χ4v) is 1.46. The SMILES string of the molecule is Cc1ccc(Cl)c(N(C)CCl)c1F. The standard InChI is InChI=1S/C9H10Cl2FN/c1-6-3-4-7(11)9(8(6)12)13(2)5-10/h3-4H,5H2,1-2H3. The number of aryl methyl sites for hydroxylation is 1. The van der Waals surface area contributed by atoms with E-state index in [0.29, 0.717) is 16.3 Å². The molecule has 72 valence electrons. The van der Waals surface area contributed by atoms with Gasteiger partial charge in [-0.15, -0.1) is 11.6 Å². The normalized spacial score (nSPS) is 10.2. The summed E-state index contributed by atoms with van der Waals surface area (Å²) < 4.78 is 13.5. The fourth-order valence-electron chi connectivity index (χ4n) is 1.05. The van der Waals surface area contributed by atoms with Gasteiger partial charge in [-0.2, -0.15) is 0 Å². The third-order valence-corrected chi connectivity index (χ3v) is 2.48. The first-order chi connectivity index (χ1) is 6.07. The lowest BCUT2D eigenvalue weighted by atomic mass is 10.2. The molecule has 0 unspecified atom stereocenters. The average molecular weight is 222 g/mol. The Hall–Kier alpha value is -0.470. The zero-order valence-electron chi connectivity index (χ0n) is 7.44. The molecule has 0 aliphatic carbocycles. The molecule has 0 fully saturated rings. The van der Waals surface area contributed by atoms with Crippen molar-refractivity contribution in [2.75, 3.05) is 18.0 Å². The highest BCUT2D eigenvalue weighted by Crippen LogP contribution is 2.30. The molecular formula is C9H10Cl2FN. The van der Waals surface area contributed by atoms with Crippen LogP contribution in [0.3, 0.4) is 0 Å². The maximum atomic E-state index is 13.5. The van der Waals surface area contributed by atoms with E-state index in [4.69, 9.17) is 23.2 Å². The van der Waals surface area contributed by atoms with E-state index >= 15 is 0 Å². The molecule has 13 heavy (non-hydrogen) atoms. The van der Waals surface area contributed by atoms with Gasteiger partial charge >= 0.3 is 0 Å². The molecule has 1 aromatic rings. The fraction of sp³-hybridized carbons (Fsp3) is 0.333. The van der Waals surface area contributed by atoms with Gasteiger partial charge in [-0.05, 0) is 18.6 Å². The number of benzene rings is 1. The lowest BCUT2D eigenvalue weighted by Crippen LogP contribution is -2.16. The van der Waals surface area contributed by atoms with Gasteiger partial charge in [0, 0.05) is 7.05 Å². The highest BCUT2D eigenvalue weighted by atomic mass is 35.5. The van der Waals surface area contributed by atoms with Crippen LogP contribution in [0.25, 0.3) is 0 Å². The summed E-state index contributed by atoms with van der Waals surface area (Å²) in [6, 6.07) is 3.52. The molecule has 0 spiro atoms. The van der Waals surface area contributed by atoms with Gasteiger partial charge in [0.2, 0.25) is 0 Å². The van der Waals surface area contributed by atoms with Crippen LogP contribution < -0.4 is 4.90 Å². The minimum Gasteiger partial charge on any atom is -0.357 e. The summed E-state index contributed by atoms with van der Waals surface area (Å²) in [5, 5.41) is 0.381. The third-order valence-electron chi connectivity index (χ3n) is 1.82. The average Bonchev–Trinajstić information content (AvgIpc) is 2.12. The molecule has 0 saturated carbocycles. The van der Waals surface area contributed by atoms with E-state index in [0.717, 1.165) is 0 Å². The van der Waals surface area contributed by atoms with Crippen molar-refractivity contribution < 1.29 is 4.39 Å². The van der Waals surface area contributed by atoms with Crippen LogP contribution in [0.15, 0.2) is 12.1 Å². The largest absolute Gasteiger partial charge is 0.357 e. The van der Waals surface area contributed by atoms with Crippen molar-refractivity contribution in [3.63, 3.8) is 0 Å². The smallest absolute Gasteiger partial charge is 0.150 e. The zero-order chi connectivity index (χ0) is 10.0. The lowest BCUT2D eigenvalue weighted by molar-refractivity contribution is 0.616. The molecule has 1 nitrogen and oxygen atoms in total. The second-order valence-electron chi connectivity index (χ2n) is 2.84. The van der Waals surface area contributed by atoms with Gasteiger partial charge in [-0.3, -0.25) is 0 Å². The molecule has 4 heteroatoms. The molecule has 0 amide bonds. The van der Waals surface area contributed by atoms with Gasteiger partial charge in [-0.25, -0.2) is 4.39 Å². The summed E-state index contributed by atoms with van der Waals surface area (Å²) in [4.78, 5) is 1.56. The van der Waals surface area contributed by atoms with Crippen LogP contribution in [-0.2, 0) is 0 Å². The number of anilines is 1. The van der Waals surface area contributed by atoms with E-state index in [1.54, 1.807) is 31.0 Å². The molecule has 0 atom stereocenters. The van der Waals surface area contributed by atoms with Crippen LogP contribution in [0.2, 0.25) is 5.02 Å². The predicted octanol–water partition coefficient (Wildman–Crippen LogP) is 3.42. The second-order valence-corrected chi connectivity index (χ2v) is 3.49. The molecule has 0 heterocycles. The van der Waals surface area contributed by atoms with E-state index in [1.807, 2.05) is 0 Å². The number of hydrogen-bond donors (Lipinski definition) is 0. The van der Waals surface area contributed by atoms with Crippen molar-refractivity contribution in [2.24, 2.45) is 0 Å². The van der Waals surface area contributed by atoms with E-state index < -0.39 is 0 Å². The number of nitrogens with zero attached hydrogens (tertiary/aromatic N) is 1. The Balaban J connectivity index is 3.25. The van der Waals surface area contributed by atoms with Crippen molar-refractivity contribution in [3.05, 3.63) is 28.5 Å². The zero-order valence-corrected chi connectivity index (χ0v) is 8.95. The molecule has 1 aromatic carbocycles. The Kier molecular flexibility index (Phi) is 3.40. The predicted molar refractivity (Wildman–Crippen MR) is 55.3 cm³/mol. The summed E-state index contributed by atoms with van der Waals surface area (Å²) >= 11 is 11.4. The molecule has 0 aliphatic heterocycles. The van der Waals surface area contributed by atoms with Crippen molar-refractivity contribution in [1.82, 2.24) is 0 Å². The van der Waals surface area contributed by atoms with E-state index in [1.165, 1.54) is 0 Å². The minimum atomic E-state index is -0.310. The Morgan fingerprint density at radius 2 is 2.08 bits per heavy atom. The number of hydrogen-bond acceptors (Lipinski definition) is 1. The Morgan fingerprint density at radius 1 is 1.46 bits per heavy atom. The highest BCUT2D eigenvalue weighted by Gasteiger charge is 2.12. The summed E-state index contributed by atoms with van der Waals surface area (Å²) in [7, 11) is 1.69. The summed E-state index contributed by atoms with van der Waals surface area (Å²) in [6.07, 6.45) is 0. The third kappa shape index (κ3) is 2.06. The van der Waals surface area contributed by atoms with Gasteiger partial charge in [0.05, 0.1) is 16.7 Å². The van der Waals surface area contributed by atoms with Gasteiger partial charge < -0.3 is 4.90 Å². The molecule has 0 radical (unpaired) electrons. The maximum absolute atomic E-state index is 13.5. The Morgan fingerprint density at radius 3 is 2.62 bits per heavy atom. The molecular weight excluding hydrogens is 212 g/mol. The van der Waals surface area contributed by atoms with Crippen LogP contribution in [0.1, 0.15) is 5.56 Å². The number of halogens is 3. The molecule has 0 N–H and O–H groups in total. The lowest BCUT2D eigenvalue weighted by Gasteiger charge is -2.18. The highest BCUT2D eigenvalue weighted by molar-refractivity contribution is 6.33. The number of alkyl halides is 1. The summed E-state index contributed by atoms with van der Waals surface area (Å²) in [6.45, 7) is 1.69. The van der Waals surface area contributed by atoms with Crippen molar-refractivity contribution in [1.29, 1.82) is 0 Å². The van der Waals surface area contributed by atoms with Gasteiger partial charge in [0.25, 0.3) is 0 Å². The Bertz CT molecular complexity index is 315. The Labute approximate surface area is 87.1 Å². The van der Waals surface area contributed by atoms with Gasteiger partial charge in [0.1, 0.15) is 0 Å². The van der Waals surface area contributed by atoms with Gasteiger partial charge in [-0.1, -0.05) is 17.7 Å². The minimum absolute atomic E-state index is 0.208. The van der Waals surface area contributed by atoms with Crippen LogP contribution >= 0.6 is 23.2 Å². The van der Waals surface area contributed by atoms with Crippen molar-refractivity contribution in [2.45, 2.75) is 6.92 Å². The first kappa shape index (κ1) is 10.6. The van der Waals surface area contributed by atoms with Crippen LogP contribution in [0.4, 0.5) is 10.1 Å². The van der Waals surface area contributed by atoms with Crippen molar-refractivity contribution >= 4 is 28.9 Å². The first-order valence-electron chi connectivity index (χ1n) is 3.79. The molecule has 0 aliphatic rings. The number of rotatable bonds is 2. The van der Waals surface area contributed by atoms with Gasteiger partial charge in [0.15, 0.2) is 5.82 Å². The molecule has 0 bridgehead atoms. The summed E-state index contributed by atoms with van der Waals surface area (Å²) in [5.74, 6) is -0.310. The maximum Gasteiger partial charge on any atom is 0.150 e. The van der Waals surface area contributed by atoms with E-state index in [-0.39, 0.29) is 11.8 Å².